The number of amides is 1. The number of aryl methyl sites for hydroxylation is 1. The van der Waals surface area contributed by atoms with E-state index in [1.807, 2.05) is 30.0 Å². The zero-order valence-electron chi connectivity index (χ0n) is 16.8. The quantitative estimate of drug-likeness (QED) is 0.764. The minimum Gasteiger partial charge on any atom is -0.378 e. The Labute approximate surface area is 176 Å². The fourth-order valence-electron chi connectivity index (χ4n) is 4.20. The lowest BCUT2D eigenvalue weighted by Gasteiger charge is -2.36. The zero-order chi connectivity index (χ0) is 20.2. The van der Waals surface area contributed by atoms with Crippen LogP contribution in [0.15, 0.2) is 30.5 Å². The van der Waals surface area contributed by atoms with Crippen LogP contribution in [0.2, 0.25) is 5.02 Å². The van der Waals surface area contributed by atoms with E-state index >= 15 is 0 Å². The highest BCUT2D eigenvalue weighted by molar-refractivity contribution is 6.30. The molecule has 1 amide bonds. The van der Waals surface area contributed by atoms with Crippen LogP contribution in [0, 0.1) is 6.92 Å². The molecule has 7 heteroatoms. The van der Waals surface area contributed by atoms with Crippen molar-refractivity contribution < 1.29 is 9.53 Å². The van der Waals surface area contributed by atoms with Gasteiger partial charge in [-0.1, -0.05) is 30.2 Å². The van der Waals surface area contributed by atoms with Gasteiger partial charge < -0.3 is 9.64 Å². The second-order valence-corrected chi connectivity index (χ2v) is 8.17. The van der Waals surface area contributed by atoms with Crippen LogP contribution in [0.5, 0.6) is 0 Å². The SMILES string of the molecule is Cc1ncc(C(=O)N2CCOCC2)c([C@@H]2CCCCN2Cc2cccc(Cl)c2)n1. The summed E-state index contributed by atoms with van der Waals surface area (Å²) in [7, 11) is 0. The van der Waals surface area contributed by atoms with E-state index in [1.165, 1.54) is 5.56 Å². The number of carbonyl (C=O) groups is 1. The molecule has 3 heterocycles. The standard InChI is InChI=1S/C22H27ClN4O2/c1-16-24-14-19(22(28)26-9-11-29-12-10-26)21(25-16)20-7-2-3-8-27(20)15-17-5-4-6-18(23)13-17/h4-6,13-14,20H,2-3,7-12,15H2,1H3/t20-/m0/s1. The Morgan fingerprint density at radius 2 is 2.07 bits per heavy atom. The number of hydrogen-bond acceptors (Lipinski definition) is 5. The first kappa shape index (κ1) is 20.3. The average Bonchev–Trinajstić information content (AvgIpc) is 2.74. The molecule has 29 heavy (non-hydrogen) atoms. The van der Waals surface area contributed by atoms with Crippen molar-refractivity contribution >= 4 is 17.5 Å². The number of ether oxygens (including phenoxy) is 1. The van der Waals surface area contributed by atoms with Crippen molar-refractivity contribution in [3.8, 4) is 0 Å². The molecule has 0 bridgehead atoms. The van der Waals surface area contributed by atoms with Crippen molar-refractivity contribution in [1.82, 2.24) is 19.8 Å². The summed E-state index contributed by atoms with van der Waals surface area (Å²) in [6.45, 7) is 6.05. The number of halogens is 1. The van der Waals surface area contributed by atoms with Crippen molar-refractivity contribution in [1.29, 1.82) is 0 Å². The van der Waals surface area contributed by atoms with E-state index in [1.54, 1.807) is 6.20 Å². The lowest BCUT2D eigenvalue weighted by atomic mass is 9.95. The van der Waals surface area contributed by atoms with Crippen molar-refractivity contribution in [2.45, 2.75) is 38.8 Å². The second-order valence-electron chi connectivity index (χ2n) is 7.73. The van der Waals surface area contributed by atoms with Gasteiger partial charge in [-0.15, -0.1) is 0 Å². The second kappa shape index (κ2) is 9.20. The molecule has 0 saturated carbocycles. The Kier molecular flexibility index (Phi) is 6.43. The molecule has 2 saturated heterocycles. The molecule has 1 aromatic carbocycles. The highest BCUT2D eigenvalue weighted by Gasteiger charge is 2.31. The third kappa shape index (κ3) is 4.77. The Hall–Kier alpha value is -2.02. The predicted octanol–water partition coefficient (Wildman–Crippen LogP) is 3.64. The highest BCUT2D eigenvalue weighted by atomic mass is 35.5. The van der Waals surface area contributed by atoms with Crippen LogP contribution in [0.1, 0.15) is 52.7 Å². The molecule has 2 fully saturated rings. The number of rotatable bonds is 4. The van der Waals surface area contributed by atoms with Gasteiger partial charge in [-0.05, 0) is 44.0 Å². The third-order valence-electron chi connectivity index (χ3n) is 5.67. The molecule has 0 unspecified atom stereocenters. The van der Waals surface area contributed by atoms with Gasteiger partial charge in [0.1, 0.15) is 5.82 Å². The predicted molar refractivity (Wildman–Crippen MR) is 112 cm³/mol. The Morgan fingerprint density at radius 3 is 2.86 bits per heavy atom. The van der Waals surface area contributed by atoms with Gasteiger partial charge >= 0.3 is 0 Å². The van der Waals surface area contributed by atoms with Crippen molar-refractivity contribution in [3.63, 3.8) is 0 Å². The van der Waals surface area contributed by atoms with E-state index in [4.69, 9.17) is 21.3 Å². The highest BCUT2D eigenvalue weighted by Crippen LogP contribution is 2.33. The van der Waals surface area contributed by atoms with E-state index in [2.05, 4.69) is 16.0 Å². The number of likely N-dealkylation sites (tertiary alicyclic amines) is 1. The molecule has 2 aliphatic heterocycles. The number of aromatic nitrogens is 2. The Balaban J connectivity index is 1.63. The molecule has 2 aromatic rings. The molecule has 0 spiro atoms. The molecule has 0 N–H and O–H groups in total. The van der Waals surface area contributed by atoms with Crippen LogP contribution in [0.25, 0.3) is 0 Å². The summed E-state index contributed by atoms with van der Waals surface area (Å²) in [6, 6.07) is 8.09. The fraction of sp³-hybridized carbons (Fsp3) is 0.500. The summed E-state index contributed by atoms with van der Waals surface area (Å²) in [4.78, 5) is 26.6. The summed E-state index contributed by atoms with van der Waals surface area (Å²) in [5, 5.41) is 0.747. The van der Waals surface area contributed by atoms with Crippen molar-refractivity contribution in [2.75, 3.05) is 32.8 Å². The minimum absolute atomic E-state index is 0.0107. The Morgan fingerprint density at radius 1 is 1.24 bits per heavy atom. The number of carbonyl (C=O) groups excluding carboxylic acids is 1. The first-order chi connectivity index (χ1) is 14.1. The molecule has 2 aliphatic rings. The summed E-state index contributed by atoms with van der Waals surface area (Å²) in [5.74, 6) is 0.711. The van der Waals surface area contributed by atoms with Gasteiger partial charge in [0, 0.05) is 30.9 Å². The number of piperidine rings is 1. The smallest absolute Gasteiger partial charge is 0.257 e. The maximum atomic E-state index is 13.2. The number of nitrogens with zero attached hydrogens (tertiary/aromatic N) is 4. The van der Waals surface area contributed by atoms with Gasteiger partial charge in [0.15, 0.2) is 0 Å². The lowest BCUT2D eigenvalue weighted by Crippen LogP contribution is -2.42. The van der Waals surface area contributed by atoms with Gasteiger partial charge in [-0.3, -0.25) is 9.69 Å². The number of morpholine rings is 1. The van der Waals surface area contributed by atoms with Crippen LogP contribution in [0.4, 0.5) is 0 Å². The van der Waals surface area contributed by atoms with E-state index < -0.39 is 0 Å². The molecule has 0 radical (unpaired) electrons. The van der Waals surface area contributed by atoms with Gasteiger partial charge in [-0.25, -0.2) is 9.97 Å². The molecular formula is C22H27ClN4O2. The largest absolute Gasteiger partial charge is 0.378 e. The third-order valence-corrected chi connectivity index (χ3v) is 5.91. The maximum Gasteiger partial charge on any atom is 0.257 e. The van der Waals surface area contributed by atoms with Crippen molar-refractivity contribution in [2.24, 2.45) is 0 Å². The summed E-state index contributed by atoms with van der Waals surface area (Å²) < 4.78 is 5.40. The van der Waals surface area contributed by atoms with E-state index in [0.717, 1.165) is 43.1 Å². The molecule has 154 valence electrons. The summed E-state index contributed by atoms with van der Waals surface area (Å²) >= 11 is 6.19. The zero-order valence-corrected chi connectivity index (χ0v) is 17.6. The van der Waals surface area contributed by atoms with Crippen LogP contribution < -0.4 is 0 Å². The van der Waals surface area contributed by atoms with Gasteiger partial charge in [0.2, 0.25) is 0 Å². The summed E-state index contributed by atoms with van der Waals surface area (Å²) in [6.07, 6.45) is 4.97. The van der Waals surface area contributed by atoms with E-state index in [9.17, 15) is 4.79 Å². The normalized spacial score (nSPS) is 20.6. The number of benzene rings is 1. The van der Waals surface area contributed by atoms with Crippen molar-refractivity contribution in [3.05, 3.63) is 58.1 Å². The molecule has 4 rings (SSSR count). The molecule has 1 atom stereocenters. The average molecular weight is 415 g/mol. The molecule has 0 aliphatic carbocycles. The fourth-order valence-corrected chi connectivity index (χ4v) is 4.42. The van der Waals surface area contributed by atoms with Crippen LogP contribution >= 0.6 is 11.6 Å². The number of hydrogen-bond donors (Lipinski definition) is 0. The first-order valence-corrected chi connectivity index (χ1v) is 10.7. The van der Waals surface area contributed by atoms with Crippen LogP contribution in [-0.2, 0) is 11.3 Å². The first-order valence-electron chi connectivity index (χ1n) is 10.3. The van der Waals surface area contributed by atoms with Gasteiger partial charge in [0.25, 0.3) is 5.91 Å². The van der Waals surface area contributed by atoms with E-state index in [0.29, 0.717) is 37.7 Å². The maximum absolute atomic E-state index is 13.2. The molecular weight excluding hydrogens is 388 g/mol. The van der Waals surface area contributed by atoms with Gasteiger partial charge in [0.05, 0.1) is 30.5 Å². The monoisotopic (exact) mass is 414 g/mol. The topological polar surface area (TPSA) is 58.6 Å². The summed E-state index contributed by atoms with van der Waals surface area (Å²) in [5.41, 5.74) is 2.66. The Bertz CT molecular complexity index is 870. The minimum atomic E-state index is 0.0107. The molecule has 6 nitrogen and oxygen atoms in total. The molecule has 1 aromatic heterocycles. The lowest BCUT2D eigenvalue weighted by molar-refractivity contribution is 0.0298. The van der Waals surface area contributed by atoms with Crippen LogP contribution in [-0.4, -0.2) is 58.5 Å². The van der Waals surface area contributed by atoms with E-state index in [-0.39, 0.29) is 11.9 Å². The van der Waals surface area contributed by atoms with Gasteiger partial charge in [-0.2, -0.15) is 0 Å². The van der Waals surface area contributed by atoms with Crippen LogP contribution in [0.3, 0.4) is 0 Å².